The van der Waals surface area contributed by atoms with Crippen LogP contribution in [0, 0.1) is 34.3 Å². The summed E-state index contributed by atoms with van der Waals surface area (Å²) in [6, 6.07) is 4.92. The van der Waals surface area contributed by atoms with Crippen LogP contribution >= 0.6 is 22.9 Å². The van der Waals surface area contributed by atoms with Crippen LogP contribution in [0.5, 0.6) is 11.8 Å². The molecule has 46 heavy (non-hydrogen) atoms. The molecule has 5 heterocycles. The molecule has 2 aromatic heterocycles. The van der Waals surface area contributed by atoms with Crippen LogP contribution in [0.15, 0.2) is 12.1 Å². The molecule has 0 radical (unpaired) electrons. The minimum absolute atomic E-state index is 0.00965. The van der Waals surface area contributed by atoms with Gasteiger partial charge >= 0.3 is 6.01 Å². The van der Waals surface area contributed by atoms with Crippen LogP contribution in [0.2, 0.25) is 5.02 Å². The summed E-state index contributed by atoms with van der Waals surface area (Å²) >= 11 is 8.08. The Hall–Kier alpha value is -3.50. The number of halogens is 3. The topological polar surface area (TPSA) is 119 Å². The standard InChI is InChI=1S/C33H33ClF2N6O3S/c1-39-8-9-42-21-5-3-2-4-16(21)13-43-28-24-27(40-32(41-31(24)42)45-15-33-10-17(11-33)44-14-33)26(36)23(25(28)34)18-6-7-20(35)29-22(18)19(12-37)30(38)46-29/h6-7,16-17,21,39H,2-5,8-11,13-15,38H2,1H3. The van der Waals surface area contributed by atoms with Crippen molar-refractivity contribution in [2.75, 3.05) is 50.6 Å². The molecule has 0 amide bonds. The molecular formula is C33H33ClF2N6O3S. The van der Waals surface area contributed by atoms with E-state index in [1.165, 1.54) is 12.1 Å². The molecule has 2 aromatic carbocycles. The average molecular weight is 667 g/mol. The van der Waals surface area contributed by atoms with Gasteiger partial charge in [-0.05, 0) is 44.4 Å². The Kier molecular flexibility index (Phi) is 7.36. The van der Waals surface area contributed by atoms with E-state index in [4.69, 9.17) is 36.5 Å². The summed E-state index contributed by atoms with van der Waals surface area (Å²) in [5.41, 5.74) is 6.30. The minimum atomic E-state index is -0.733. The molecule has 3 aliphatic heterocycles. The lowest BCUT2D eigenvalue weighted by molar-refractivity contribution is 0.0785. The molecule has 240 valence electrons. The van der Waals surface area contributed by atoms with Gasteiger partial charge in [0.15, 0.2) is 11.6 Å². The third-order valence-corrected chi connectivity index (χ3v) is 11.6. The van der Waals surface area contributed by atoms with Gasteiger partial charge in [-0.25, -0.2) is 8.78 Å². The SMILES string of the molecule is CNCCN1c2nc(OCC34COC(C3)C4)nc3c(F)c(-c4ccc(F)c5sc(N)c(C#N)c45)c(Cl)c(c23)OCC2CCCCC21. The number of ether oxygens (including phenoxy) is 3. The predicted molar refractivity (Wildman–Crippen MR) is 174 cm³/mol. The number of fused-ring (bicyclic) bond motifs is 3. The quantitative estimate of drug-likeness (QED) is 0.230. The Morgan fingerprint density at radius 3 is 2.83 bits per heavy atom. The van der Waals surface area contributed by atoms with Crippen LogP contribution in [-0.4, -0.2) is 62.1 Å². The third kappa shape index (κ3) is 4.58. The number of nitrogens with zero attached hydrogens (tertiary/aromatic N) is 4. The first-order valence-electron chi connectivity index (χ1n) is 15.7. The molecule has 4 aromatic rings. The first-order chi connectivity index (χ1) is 22.3. The Morgan fingerprint density at radius 2 is 2.07 bits per heavy atom. The Bertz CT molecular complexity index is 1920. The molecule has 13 heteroatoms. The zero-order valence-electron chi connectivity index (χ0n) is 25.3. The lowest BCUT2D eigenvalue weighted by Crippen LogP contribution is -2.48. The van der Waals surface area contributed by atoms with Gasteiger partial charge in [0.25, 0.3) is 0 Å². The highest BCUT2D eigenvalue weighted by Gasteiger charge is 2.52. The summed E-state index contributed by atoms with van der Waals surface area (Å²) in [5.74, 6) is -0.321. The second kappa shape index (κ2) is 11.3. The molecule has 3 N–H and O–H groups in total. The number of nitriles is 1. The lowest BCUT2D eigenvalue weighted by atomic mass is 9.71. The van der Waals surface area contributed by atoms with Crippen LogP contribution in [0.4, 0.5) is 19.6 Å². The van der Waals surface area contributed by atoms with Crippen molar-refractivity contribution in [3.05, 3.63) is 34.4 Å². The number of hydrogen-bond donors (Lipinski definition) is 2. The average Bonchev–Trinajstić information content (AvgIpc) is 3.74. The van der Waals surface area contributed by atoms with Crippen LogP contribution in [0.25, 0.3) is 32.1 Å². The van der Waals surface area contributed by atoms with Crippen LogP contribution in [-0.2, 0) is 4.74 Å². The number of thiophene rings is 1. The van der Waals surface area contributed by atoms with Crippen molar-refractivity contribution in [2.45, 2.75) is 50.7 Å². The summed E-state index contributed by atoms with van der Waals surface area (Å²) in [6.07, 6.45) is 6.20. The summed E-state index contributed by atoms with van der Waals surface area (Å²) in [6.45, 7) is 2.67. The number of anilines is 2. The van der Waals surface area contributed by atoms with Gasteiger partial charge in [-0.2, -0.15) is 15.2 Å². The van der Waals surface area contributed by atoms with Gasteiger partial charge in [-0.15, -0.1) is 11.3 Å². The van der Waals surface area contributed by atoms with Crippen molar-refractivity contribution < 1.29 is 23.0 Å². The Labute approximate surface area is 273 Å². The van der Waals surface area contributed by atoms with Crippen molar-refractivity contribution in [3.63, 3.8) is 0 Å². The number of likely N-dealkylation sites (N-methyl/N-ethyl adjacent to an activating group) is 1. The van der Waals surface area contributed by atoms with Crippen molar-refractivity contribution in [3.8, 4) is 29.0 Å². The van der Waals surface area contributed by atoms with Crippen LogP contribution in [0.1, 0.15) is 44.1 Å². The molecule has 2 atom stereocenters. The number of hydrogen-bond acceptors (Lipinski definition) is 10. The second-order valence-corrected chi connectivity index (χ2v) is 14.4. The van der Waals surface area contributed by atoms with Gasteiger partial charge in [0, 0.05) is 41.4 Å². The van der Waals surface area contributed by atoms with E-state index in [1.807, 2.05) is 7.05 Å². The van der Waals surface area contributed by atoms with E-state index in [9.17, 15) is 5.26 Å². The van der Waals surface area contributed by atoms with Crippen molar-refractivity contribution in [1.29, 1.82) is 5.26 Å². The van der Waals surface area contributed by atoms with Crippen LogP contribution < -0.4 is 25.4 Å². The zero-order chi connectivity index (χ0) is 31.7. The van der Waals surface area contributed by atoms with Gasteiger partial charge in [0.2, 0.25) is 0 Å². The molecule has 2 bridgehead atoms. The van der Waals surface area contributed by atoms with E-state index in [1.54, 1.807) is 0 Å². The van der Waals surface area contributed by atoms with Crippen molar-refractivity contribution in [1.82, 2.24) is 15.3 Å². The smallest absolute Gasteiger partial charge is 0.319 e. The molecule has 4 fully saturated rings. The summed E-state index contributed by atoms with van der Waals surface area (Å²) in [7, 11) is 1.90. The highest BCUT2D eigenvalue weighted by molar-refractivity contribution is 7.23. The number of nitrogen functional groups attached to an aromatic ring is 1. The largest absolute Gasteiger partial charge is 0.491 e. The number of rotatable bonds is 7. The summed E-state index contributed by atoms with van der Waals surface area (Å²) < 4.78 is 51.0. The molecule has 2 saturated heterocycles. The predicted octanol–water partition coefficient (Wildman–Crippen LogP) is 6.43. The van der Waals surface area contributed by atoms with E-state index in [-0.39, 0.29) is 77.6 Å². The number of nitrogens with two attached hydrogens (primary N) is 1. The van der Waals surface area contributed by atoms with Gasteiger partial charge in [0.05, 0.1) is 46.6 Å². The molecule has 2 aliphatic carbocycles. The van der Waals surface area contributed by atoms with Gasteiger partial charge in [-0.3, -0.25) is 0 Å². The van der Waals surface area contributed by atoms with E-state index >= 15 is 8.78 Å². The van der Waals surface area contributed by atoms with Crippen molar-refractivity contribution in [2.24, 2.45) is 11.3 Å². The third-order valence-electron chi connectivity index (χ3n) is 10.2. The molecular weight excluding hydrogens is 634 g/mol. The first kappa shape index (κ1) is 29.9. The maximum atomic E-state index is 17.2. The van der Waals surface area contributed by atoms with Gasteiger partial charge in [-0.1, -0.05) is 30.5 Å². The summed E-state index contributed by atoms with van der Waals surface area (Å²) in [5, 5.41) is 13.9. The Morgan fingerprint density at radius 1 is 1.24 bits per heavy atom. The van der Waals surface area contributed by atoms with Gasteiger partial charge < -0.3 is 30.2 Å². The van der Waals surface area contributed by atoms with E-state index < -0.39 is 11.6 Å². The molecule has 9 rings (SSSR count). The second-order valence-electron chi connectivity index (χ2n) is 13.0. The number of aromatic nitrogens is 2. The van der Waals surface area contributed by atoms with E-state index in [0.717, 1.165) is 49.9 Å². The highest BCUT2D eigenvalue weighted by Crippen LogP contribution is 2.53. The fraction of sp³-hybridized carbons (Fsp3) is 0.485. The molecule has 9 nitrogen and oxygen atoms in total. The first-order valence-corrected chi connectivity index (χ1v) is 16.9. The summed E-state index contributed by atoms with van der Waals surface area (Å²) in [4.78, 5) is 11.9. The normalized spacial score (nSPS) is 25.0. The molecule has 5 aliphatic rings. The van der Waals surface area contributed by atoms with E-state index in [2.05, 4.69) is 21.3 Å². The highest BCUT2D eigenvalue weighted by atomic mass is 35.5. The minimum Gasteiger partial charge on any atom is -0.491 e. The fourth-order valence-electron chi connectivity index (χ4n) is 7.85. The van der Waals surface area contributed by atoms with Gasteiger partial charge in [0.1, 0.15) is 28.2 Å². The molecule has 2 saturated carbocycles. The van der Waals surface area contributed by atoms with E-state index in [0.29, 0.717) is 44.1 Å². The molecule has 2 unspecified atom stereocenters. The number of nitrogens with one attached hydrogen (secondary N) is 1. The van der Waals surface area contributed by atoms with Crippen molar-refractivity contribution >= 4 is 54.7 Å². The van der Waals surface area contributed by atoms with Crippen LogP contribution in [0.3, 0.4) is 0 Å². The number of benzene rings is 2. The fourth-order valence-corrected chi connectivity index (χ4v) is 9.13. The molecule has 0 spiro atoms. The lowest BCUT2D eigenvalue weighted by Gasteiger charge is -2.42. The maximum absolute atomic E-state index is 17.2. The maximum Gasteiger partial charge on any atom is 0.319 e. The monoisotopic (exact) mass is 666 g/mol. The zero-order valence-corrected chi connectivity index (χ0v) is 26.9. The Balaban J connectivity index is 1.39.